The van der Waals surface area contributed by atoms with Crippen molar-refractivity contribution < 1.29 is 14.3 Å². The third kappa shape index (κ3) is 3.54. The topological polar surface area (TPSA) is 63.7 Å². The second kappa shape index (κ2) is 7.25. The quantitative estimate of drug-likeness (QED) is 0.891. The lowest BCUT2D eigenvalue weighted by molar-refractivity contribution is -0.116. The molecule has 0 aliphatic carbocycles. The molecular weight excluding hydrogens is 350 g/mol. The maximum atomic E-state index is 12.2. The second-order valence-electron chi connectivity index (χ2n) is 6.85. The van der Waals surface area contributed by atoms with Gasteiger partial charge in [0, 0.05) is 25.4 Å². The molecular formula is C19H23N3O3S. The van der Waals surface area contributed by atoms with Gasteiger partial charge < -0.3 is 19.7 Å². The van der Waals surface area contributed by atoms with Crippen LogP contribution in [0.1, 0.15) is 36.6 Å². The van der Waals surface area contributed by atoms with E-state index in [0.717, 1.165) is 34.4 Å². The molecule has 0 saturated carbocycles. The minimum absolute atomic E-state index is 0.0107. The summed E-state index contributed by atoms with van der Waals surface area (Å²) in [6.07, 6.45) is 0.551. The molecule has 0 radical (unpaired) electrons. The van der Waals surface area contributed by atoms with E-state index in [4.69, 9.17) is 14.5 Å². The van der Waals surface area contributed by atoms with Gasteiger partial charge in [0.25, 0.3) is 0 Å². The minimum Gasteiger partial charge on any atom is -0.491 e. The monoisotopic (exact) mass is 373 g/mol. The predicted octanol–water partition coefficient (Wildman–Crippen LogP) is 3.24. The molecule has 26 heavy (non-hydrogen) atoms. The molecule has 1 aromatic heterocycles. The van der Waals surface area contributed by atoms with Crippen LogP contribution in [0.15, 0.2) is 24.3 Å². The number of carbonyl (C=O) groups excluding carboxylic acids is 1. The first-order valence-corrected chi connectivity index (χ1v) is 9.81. The summed E-state index contributed by atoms with van der Waals surface area (Å²) in [5.74, 6) is 1.56. The van der Waals surface area contributed by atoms with E-state index in [9.17, 15) is 4.79 Å². The fourth-order valence-corrected chi connectivity index (χ4v) is 4.54. The van der Waals surface area contributed by atoms with Crippen LogP contribution >= 0.6 is 11.3 Å². The molecule has 2 aliphatic heterocycles. The van der Waals surface area contributed by atoms with Gasteiger partial charge in [0.1, 0.15) is 11.6 Å². The van der Waals surface area contributed by atoms with Crippen molar-refractivity contribution in [1.82, 2.24) is 4.98 Å². The SMILES string of the molecule is CC(C)Oc1cccc([C@H]2CC(=O)Nc3nc(N4CCOCC4)sc32)c1. The van der Waals surface area contributed by atoms with Crippen LogP contribution in [0.4, 0.5) is 10.9 Å². The van der Waals surface area contributed by atoms with Gasteiger partial charge in [-0.05, 0) is 31.5 Å². The van der Waals surface area contributed by atoms with Crippen LogP contribution in [0.2, 0.25) is 0 Å². The number of amides is 1. The third-order valence-corrected chi connectivity index (χ3v) is 5.75. The Balaban J connectivity index is 1.66. The average Bonchev–Trinajstić information content (AvgIpc) is 3.05. The van der Waals surface area contributed by atoms with Gasteiger partial charge in [-0.1, -0.05) is 23.5 Å². The van der Waals surface area contributed by atoms with Crippen molar-refractivity contribution in [2.24, 2.45) is 0 Å². The minimum atomic E-state index is 0.0107. The van der Waals surface area contributed by atoms with Gasteiger partial charge in [-0.25, -0.2) is 4.98 Å². The highest BCUT2D eigenvalue weighted by molar-refractivity contribution is 7.16. The molecule has 2 aromatic rings. The molecule has 0 bridgehead atoms. The van der Waals surface area contributed by atoms with Crippen molar-refractivity contribution in [3.8, 4) is 5.75 Å². The number of anilines is 2. The lowest BCUT2D eigenvalue weighted by Crippen LogP contribution is -2.36. The Kier molecular flexibility index (Phi) is 4.82. The zero-order valence-electron chi connectivity index (χ0n) is 15.0. The Hall–Kier alpha value is -2.12. The smallest absolute Gasteiger partial charge is 0.226 e. The van der Waals surface area contributed by atoms with Crippen molar-refractivity contribution in [3.05, 3.63) is 34.7 Å². The molecule has 1 atom stereocenters. The van der Waals surface area contributed by atoms with Gasteiger partial charge in [0.05, 0.1) is 24.2 Å². The lowest BCUT2D eigenvalue weighted by atomic mass is 9.91. The summed E-state index contributed by atoms with van der Waals surface area (Å²) >= 11 is 1.67. The number of ether oxygens (including phenoxy) is 2. The van der Waals surface area contributed by atoms with Gasteiger partial charge in [-0.3, -0.25) is 4.79 Å². The van der Waals surface area contributed by atoms with Crippen LogP contribution in [-0.4, -0.2) is 43.3 Å². The third-order valence-electron chi connectivity index (χ3n) is 4.52. The number of thiazole rings is 1. The molecule has 0 unspecified atom stereocenters. The summed E-state index contributed by atoms with van der Waals surface area (Å²) in [4.78, 5) is 20.3. The average molecular weight is 373 g/mol. The van der Waals surface area contributed by atoms with E-state index in [1.54, 1.807) is 11.3 Å². The fraction of sp³-hybridized carbons (Fsp3) is 0.474. The number of carbonyl (C=O) groups is 1. The molecule has 1 N–H and O–H groups in total. The van der Waals surface area contributed by atoms with Crippen molar-refractivity contribution in [3.63, 3.8) is 0 Å². The molecule has 1 amide bonds. The zero-order valence-corrected chi connectivity index (χ0v) is 15.8. The number of aromatic nitrogens is 1. The molecule has 0 spiro atoms. The normalized spacial score (nSPS) is 20.0. The van der Waals surface area contributed by atoms with Crippen molar-refractivity contribution >= 4 is 28.2 Å². The molecule has 3 heterocycles. The molecule has 1 saturated heterocycles. The molecule has 2 aliphatic rings. The lowest BCUT2D eigenvalue weighted by Gasteiger charge is -2.26. The maximum Gasteiger partial charge on any atom is 0.226 e. The largest absolute Gasteiger partial charge is 0.491 e. The van der Waals surface area contributed by atoms with E-state index in [1.165, 1.54) is 0 Å². The number of benzene rings is 1. The highest BCUT2D eigenvalue weighted by atomic mass is 32.1. The van der Waals surface area contributed by atoms with Crippen molar-refractivity contribution in [2.45, 2.75) is 32.3 Å². The number of rotatable bonds is 4. The number of nitrogens with one attached hydrogen (secondary N) is 1. The molecule has 1 aromatic carbocycles. The van der Waals surface area contributed by atoms with Crippen LogP contribution in [0.3, 0.4) is 0 Å². The molecule has 7 heteroatoms. The predicted molar refractivity (Wildman–Crippen MR) is 102 cm³/mol. The number of hydrogen-bond acceptors (Lipinski definition) is 6. The summed E-state index contributed by atoms with van der Waals surface area (Å²) in [7, 11) is 0. The number of morpholine rings is 1. The molecule has 6 nitrogen and oxygen atoms in total. The zero-order chi connectivity index (χ0) is 18.1. The van der Waals surface area contributed by atoms with E-state index < -0.39 is 0 Å². The van der Waals surface area contributed by atoms with Crippen LogP contribution < -0.4 is 15.0 Å². The van der Waals surface area contributed by atoms with E-state index in [0.29, 0.717) is 25.5 Å². The molecule has 4 rings (SSSR count). The first-order chi connectivity index (χ1) is 12.6. The highest BCUT2D eigenvalue weighted by Gasteiger charge is 2.31. The first kappa shape index (κ1) is 17.3. The van der Waals surface area contributed by atoms with Crippen LogP contribution in [0, 0.1) is 0 Å². The Morgan fingerprint density at radius 2 is 2.15 bits per heavy atom. The molecule has 1 fully saturated rings. The summed E-state index contributed by atoms with van der Waals surface area (Å²) < 4.78 is 11.3. The number of fused-ring (bicyclic) bond motifs is 1. The van der Waals surface area contributed by atoms with Gasteiger partial charge in [0.2, 0.25) is 5.91 Å². The first-order valence-electron chi connectivity index (χ1n) is 9.00. The van der Waals surface area contributed by atoms with E-state index in [2.05, 4.69) is 16.3 Å². The van der Waals surface area contributed by atoms with E-state index in [1.807, 2.05) is 32.0 Å². The van der Waals surface area contributed by atoms with E-state index in [-0.39, 0.29) is 17.9 Å². The summed E-state index contributed by atoms with van der Waals surface area (Å²) in [6.45, 7) is 7.13. The molecule has 138 valence electrons. The Morgan fingerprint density at radius 1 is 1.35 bits per heavy atom. The number of nitrogens with zero attached hydrogens (tertiary/aromatic N) is 2. The van der Waals surface area contributed by atoms with Gasteiger partial charge in [-0.2, -0.15) is 0 Å². The van der Waals surface area contributed by atoms with E-state index >= 15 is 0 Å². The van der Waals surface area contributed by atoms with Gasteiger partial charge in [-0.15, -0.1) is 0 Å². The standard InChI is InChI=1S/C19H23N3O3S/c1-12(2)25-14-5-3-4-13(10-14)15-11-16(23)20-18-17(15)26-19(21-18)22-6-8-24-9-7-22/h3-5,10,12,15H,6-9,11H2,1-2H3,(H,20,23)/t15-/m1/s1. The second-order valence-corrected chi connectivity index (χ2v) is 7.86. The summed E-state index contributed by atoms with van der Waals surface area (Å²) in [5.41, 5.74) is 1.09. The summed E-state index contributed by atoms with van der Waals surface area (Å²) in [5, 5.41) is 3.90. The maximum absolute atomic E-state index is 12.2. The Bertz CT molecular complexity index is 799. The van der Waals surface area contributed by atoms with Crippen LogP contribution in [0.5, 0.6) is 5.75 Å². The van der Waals surface area contributed by atoms with Crippen molar-refractivity contribution in [2.75, 3.05) is 36.5 Å². The summed E-state index contributed by atoms with van der Waals surface area (Å²) in [6, 6.07) is 8.05. The van der Waals surface area contributed by atoms with Crippen molar-refractivity contribution in [1.29, 1.82) is 0 Å². The van der Waals surface area contributed by atoms with Crippen LogP contribution in [-0.2, 0) is 9.53 Å². The Morgan fingerprint density at radius 3 is 2.92 bits per heavy atom. The van der Waals surface area contributed by atoms with Gasteiger partial charge >= 0.3 is 0 Å². The van der Waals surface area contributed by atoms with Gasteiger partial charge in [0.15, 0.2) is 5.13 Å². The number of hydrogen-bond donors (Lipinski definition) is 1. The highest BCUT2D eigenvalue weighted by Crippen LogP contribution is 2.43. The Labute approximate surface area is 157 Å². The fourth-order valence-electron chi connectivity index (χ4n) is 3.34. The van der Waals surface area contributed by atoms with Crippen LogP contribution in [0.25, 0.3) is 0 Å².